The molecule has 1 N–H and O–H groups in total. The van der Waals surface area contributed by atoms with Crippen molar-refractivity contribution in [3.05, 3.63) is 101 Å². The van der Waals surface area contributed by atoms with Crippen LogP contribution < -0.4 is 9.80 Å². The lowest BCUT2D eigenvalue weighted by atomic mass is 9.94. The molecule has 0 aliphatic carbocycles. The average Bonchev–Trinajstić information content (AvgIpc) is 3.04. The number of nitrogens with zero attached hydrogens (tertiary/aromatic N) is 2. The zero-order valence-electron chi connectivity index (χ0n) is 18.7. The Bertz CT molecular complexity index is 1210. The van der Waals surface area contributed by atoms with E-state index in [1.807, 2.05) is 93.5 Å². The topological polar surface area (TPSA) is 60.9 Å². The van der Waals surface area contributed by atoms with Gasteiger partial charge in [-0.25, -0.2) is 0 Å². The molecular weight excluding hydrogens is 400 g/mol. The van der Waals surface area contributed by atoms with Crippen LogP contribution >= 0.6 is 0 Å². The summed E-state index contributed by atoms with van der Waals surface area (Å²) < 4.78 is 0. The third kappa shape index (κ3) is 3.78. The van der Waals surface area contributed by atoms with E-state index in [0.29, 0.717) is 11.3 Å². The lowest BCUT2D eigenvalue weighted by molar-refractivity contribution is -0.132. The molecule has 0 radical (unpaired) electrons. The molecule has 1 atom stereocenters. The van der Waals surface area contributed by atoms with E-state index < -0.39 is 17.7 Å². The summed E-state index contributed by atoms with van der Waals surface area (Å²) in [6.45, 7) is 3.91. The Labute approximate surface area is 188 Å². The zero-order chi connectivity index (χ0) is 23.0. The maximum atomic E-state index is 13.2. The summed E-state index contributed by atoms with van der Waals surface area (Å²) in [6.07, 6.45) is 0. The van der Waals surface area contributed by atoms with E-state index >= 15 is 0 Å². The van der Waals surface area contributed by atoms with Crippen molar-refractivity contribution in [2.75, 3.05) is 23.9 Å². The molecule has 5 nitrogen and oxygen atoms in total. The number of anilines is 2. The van der Waals surface area contributed by atoms with Crippen LogP contribution in [0.2, 0.25) is 0 Å². The van der Waals surface area contributed by atoms with Gasteiger partial charge in [-0.2, -0.15) is 0 Å². The van der Waals surface area contributed by atoms with E-state index in [-0.39, 0.29) is 11.3 Å². The predicted octanol–water partition coefficient (Wildman–Crippen LogP) is 5.00. The molecular formula is C27H26N2O3. The Morgan fingerprint density at radius 2 is 1.53 bits per heavy atom. The molecule has 0 aromatic heterocycles. The maximum Gasteiger partial charge on any atom is 0.300 e. The number of hydrogen-bond acceptors (Lipinski definition) is 4. The van der Waals surface area contributed by atoms with Crippen LogP contribution in [0.1, 0.15) is 28.3 Å². The van der Waals surface area contributed by atoms with Gasteiger partial charge in [-0.3, -0.25) is 14.5 Å². The van der Waals surface area contributed by atoms with Gasteiger partial charge in [-0.1, -0.05) is 59.7 Å². The fourth-order valence-electron chi connectivity index (χ4n) is 4.03. The van der Waals surface area contributed by atoms with Crippen LogP contribution in [-0.2, 0) is 9.59 Å². The average molecular weight is 427 g/mol. The highest BCUT2D eigenvalue weighted by atomic mass is 16.3. The minimum Gasteiger partial charge on any atom is -0.507 e. The number of Topliss-reactive ketones (excluding diaryl/α,β-unsaturated/α-hetero) is 1. The molecule has 1 unspecified atom stereocenters. The van der Waals surface area contributed by atoms with Crippen molar-refractivity contribution in [3.63, 3.8) is 0 Å². The van der Waals surface area contributed by atoms with Crippen molar-refractivity contribution in [2.24, 2.45) is 0 Å². The second-order valence-electron chi connectivity index (χ2n) is 8.36. The Balaban J connectivity index is 1.91. The largest absolute Gasteiger partial charge is 0.507 e. The first kappa shape index (κ1) is 21.4. The van der Waals surface area contributed by atoms with Crippen molar-refractivity contribution in [1.29, 1.82) is 0 Å². The number of carbonyl (C=O) groups is 2. The number of aliphatic hydroxyl groups excluding tert-OH is 1. The molecule has 162 valence electrons. The Morgan fingerprint density at radius 1 is 0.875 bits per heavy atom. The van der Waals surface area contributed by atoms with Gasteiger partial charge in [0.05, 0.1) is 11.6 Å². The van der Waals surface area contributed by atoms with Crippen molar-refractivity contribution in [1.82, 2.24) is 0 Å². The summed E-state index contributed by atoms with van der Waals surface area (Å²) in [7, 11) is 3.88. The number of ketones is 1. The zero-order valence-corrected chi connectivity index (χ0v) is 18.7. The normalized spacial score (nSPS) is 17.6. The molecule has 3 aromatic carbocycles. The molecule has 1 fully saturated rings. The first-order chi connectivity index (χ1) is 15.3. The van der Waals surface area contributed by atoms with E-state index in [0.717, 1.165) is 22.4 Å². The smallest absolute Gasteiger partial charge is 0.300 e. The number of hydrogen-bond donors (Lipinski definition) is 1. The third-order valence-corrected chi connectivity index (χ3v) is 5.77. The second kappa shape index (κ2) is 8.35. The number of carbonyl (C=O) groups excluding carboxylic acids is 2. The molecule has 5 heteroatoms. The van der Waals surface area contributed by atoms with Crippen LogP contribution in [0.5, 0.6) is 0 Å². The monoisotopic (exact) mass is 426 g/mol. The van der Waals surface area contributed by atoms with Crippen LogP contribution in [0.4, 0.5) is 11.4 Å². The molecule has 1 heterocycles. The summed E-state index contributed by atoms with van der Waals surface area (Å²) in [6, 6.07) is 21.7. The van der Waals surface area contributed by atoms with Crippen LogP contribution in [0.15, 0.2) is 78.4 Å². The molecule has 0 bridgehead atoms. The molecule has 0 spiro atoms. The summed E-state index contributed by atoms with van der Waals surface area (Å²) in [5.41, 5.74) is 5.01. The van der Waals surface area contributed by atoms with Crippen molar-refractivity contribution < 1.29 is 14.7 Å². The van der Waals surface area contributed by atoms with Gasteiger partial charge in [0.1, 0.15) is 5.76 Å². The number of amides is 1. The fraction of sp³-hybridized carbons (Fsp3) is 0.185. The van der Waals surface area contributed by atoms with Gasteiger partial charge in [-0.15, -0.1) is 0 Å². The summed E-state index contributed by atoms with van der Waals surface area (Å²) in [4.78, 5) is 29.9. The molecule has 4 rings (SSSR count). The minimum absolute atomic E-state index is 0.0983. The standard InChI is InChI=1S/C27H26N2O3/c1-17-8-10-19(11-9-17)25(30)23-24(20-7-5-6-18(2)16-20)29(27(32)26(23)31)22-14-12-21(13-15-22)28(3)4/h5-16,24,30H,1-4H3/b25-23-. The molecule has 1 amide bonds. The maximum absolute atomic E-state index is 13.2. The summed E-state index contributed by atoms with van der Waals surface area (Å²) >= 11 is 0. The number of benzene rings is 3. The van der Waals surface area contributed by atoms with E-state index in [4.69, 9.17) is 0 Å². The van der Waals surface area contributed by atoms with E-state index in [1.165, 1.54) is 4.90 Å². The van der Waals surface area contributed by atoms with Crippen LogP contribution in [0, 0.1) is 13.8 Å². The second-order valence-corrected chi connectivity index (χ2v) is 8.36. The van der Waals surface area contributed by atoms with Crippen LogP contribution in [0.3, 0.4) is 0 Å². The van der Waals surface area contributed by atoms with Gasteiger partial charge in [0.15, 0.2) is 0 Å². The van der Waals surface area contributed by atoms with E-state index in [1.54, 1.807) is 12.1 Å². The van der Waals surface area contributed by atoms with Crippen molar-refractivity contribution in [3.8, 4) is 0 Å². The molecule has 1 aliphatic heterocycles. The van der Waals surface area contributed by atoms with Crippen LogP contribution in [0.25, 0.3) is 5.76 Å². The highest BCUT2D eigenvalue weighted by Gasteiger charge is 2.46. The lowest BCUT2D eigenvalue weighted by Gasteiger charge is -2.26. The quantitative estimate of drug-likeness (QED) is 0.363. The van der Waals surface area contributed by atoms with Gasteiger partial charge in [0.2, 0.25) is 0 Å². The summed E-state index contributed by atoms with van der Waals surface area (Å²) in [5, 5.41) is 11.2. The predicted molar refractivity (Wildman–Crippen MR) is 128 cm³/mol. The highest BCUT2D eigenvalue weighted by molar-refractivity contribution is 6.51. The minimum atomic E-state index is -0.721. The van der Waals surface area contributed by atoms with Gasteiger partial charge in [-0.05, 0) is 43.7 Å². The number of rotatable bonds is 4. The Kier molecular flexibility index (Phi) is 5.57. The van der Waals surface area contributed by atoms with Crippen molar-refractivity contribution in [2.45, 2.75) is 19.9 Å². The SMILES string of the molecule is Cc1ccc(/C(O)=C2/C(=O)C(=O)N(c3ccc(N(C)C)cc3)C2c2cccc(C)c2)cc1. The van der Waals surface area contributed by atoms with E-state index in [9.17, 15) is 14.7 Å². The Hall–Kier alpha value is -3.86. The fourth-order valence-corrected chi connectivity index (χ4v) is 4.03. The van der Waals surface area contributed by atoms with Gasteiger partial charge in [0.25, 0.3) is 11.7 Å². The molecule has 3 aromatic rings. The summed E-state index contributed by atoms with van der Waals surface area (Å²) in [5.74, 6) is -1.50. The molecule has 1 saturated heterocycles. The number of aliphatic hydroxyl groups is 1. The Morgan fingerprint density at radius 3 is 2.12 bits per heavy atom. The lowest BCUT2D eigenvalue weighted by Crippen LogP contribution is -2.29. The van der Waals surface area contributed by atoms with Crippen molar-refractivity contribution >= 4 is 28.8 Å². The first-order valence-corrected chi connectivity index (χ1v) is 10.5. The van der Waals surface area contributed by atoms with Gasteiger partial charge < -0.3 is 10.0 Å². The van der Waals surface area contributed by atoms with E-state index in [2.05, 4.69) is 0 Å². The van der Waals surface area contributed by atoms with Crippen LogP contribution in [-0.4, -0.2) is 30.9 Å². The highest BCUT2D eigenvalue weighted by Crippen LogP contribution is 2.42. The third-order valence-electron chi connectivity index (χ3n) is 5.77. The number of aryl methyl sites for hydroxylation is 2. The van der Waals surface area contributed by atoms with Gasteiger partial charge in [0, 0.05) is 31.0 Å². The van der Waals surface area contributed by atoms with Gasteiger partial charge >= 0.3 is 0 Å². The first-order valence-electron chi connectivity index (χ1n) is 10.5. The molecule has 0 saturated carbocycles. The molecule has 1 aliphatic rings. The molecule has 32 heavy (non-hydrogen) atoms.